The molecule has 1 aromatic heterocycles. The fraction of sp³-hybridized carbons (Fsp3) is 0.417. The number of anilines is 1. The largest absolute Gasteiger partial charge is 0.480 e. The molecule has 2 rings (SSSR count). The van der Waals surface area contributed by atoms with Gasteiger partial charge in [-0.1, -0.05) is 0 Å². The lowest BCUT2D eigenvalue weighted by Crippen LogP contribution is -2.52. The first kappa shape index (κ1) is 12.3. The van der Waals surface area contributed by atoms with Gasteiger partial charge in [0.15, 0.2) is 0 Å². The molecule has 1 fully saturated rings. The van der Waals surface area contributed by atoms with E-state index in [0.29, 0.717) is 24.2 Å². The number of methoxy groups -OCH3 is 1. The molecule has 6 nitrogen and oxygen atoms in total. The fourth-order valence-electron chi connectivity index (χ4n) is 1.91. The van der Waals surface area contributed by atoms with Crippen LogP contribution in [0.5, 0.6) is 0 Å². The number of hydrogen-bond donors (Lipinski definition) is 2. The second-order valence-electron chi connectivity index (χ2n) is 4.29. The highest BCUT2D eigenvalue weighted by molar-refractivity contribution is 5.90. The van der Waals surface area contributed by atoms with Gasteiger partial charge in [-0.05, 0) is 31.4 Å². The highest BCUT2D eigenvalue weighted by Gasteiger charge is 2.44. The van der Waals surface area contributed by atoms with E-state index in [2.05, 4.69) is 15.0 Å². The predicted octanol–water partition coefficient (Wildman–Crippen LogP) is 1.29. The molecule has 0 aromatic carbocycles. The van der Waals surface area contributed by atoms with Gasteiger partial charge in [0.05, 0.1) is 12.7 Å². The van der Waals surface area contributed by atoms with Gasteiger partial charge in [-0.2, -0.15) is 0 Å². The number of esters is 1. The lowest BCUT2D eigenvalue weighted by Gasteiger charge is -2.38. The molecule has 96 valence electrons. The van der Waals surface area contributed by atoms with Crippen molar-refractivity contribution in [3.63, 3.8) is 0 Å². The monoisotopic (exact) mass is 250 g/mol. The van der Waals surface area contributed by atoms with E-state index in [1.54, 1.807) is 0 Å². The zero-order chi connectivity index (χ0) is 13.2. The van der Waals surface area contributed by atoms with Crippen LogP contribution in [0.4, 0.5) is 5.82 Å². The smallest absolute Gasteiger partial charge is 0.338 e. The van der Waals surface area contributed by atoms with E-state index in [9.17, 15) is 14.7 Å². The number of rotatable bonds is 4. The Morgan fingerprint density at radius 1 is 1.50 bits per heavy atom. The third-order valence-electron chi connectivity index (χ3n) is 3.16. The van der Waals surface area contributed by atoms with Crippen LogP contribution in [0.3, 0.4) is 0 Å². The van der Waals surface area contributed by atoms with Gasteiger partial charge in [-0.3, -0.25) is 0 Å². The molecule has 0 saturated heterocycles. The zero-order valence-corrected chi connectivity index (χ0v) is 9.97. The lowest BCUT2D eigenvalue weighted by atomic mass is 9.77. The van der Waals surface area contributed by atoms with Gasteiger partial charge < -0.3 is 15.2 Å². The van der Waals surface area contributed by atoms with Gasteiger partial charge in [0.25, 0.3) is 0 Å². The Kier molecular flexibility index (Phi) is 3.18. The van der Waals surface area contributed by atoms with Crippen molar-refractivity contribution in [3.05, 3.63) is 23.9 Å². The van der Waals surface area contributed by atoms with Crippen LogP contribution in [0.25, 0.3) is 0 Å². The van der Waals surface area contributed by atoms with Gasteiger partial charge in [-0.25, -0.2) is 14.6 Å². The van der Waals surface area contributed by atoms with Gasteiger partial charge in [0.2, 0.25) is 0 Å². The zero-order valence-electron chi connectivity index (χ0n) is 9.97. The molecule has 18 heavy (non-hydrogen) atoms. The highest BCUT2D eigenvalue weighted by Crippen LogP contribution is 2.35. The summed E-state index contributed by atoms with van der Waals surface area (Å²) in [6.45, 7) is 0. The van der Waals surface area contributed by atoms with Gasteiger partial charge in [0, 0.05) is 6.20 Å². The Morgan fingerprint density at radius 3 is 2.72 bits per heavy atom. The molecule has 0 bridgehead atoms. The third-order valence-corrected chi connectivity index (χ3v) is 3.16. The number of ether oxygens (including phenoxy) is 1. The molecule has 2 N–H and O–H groups in total. The first-order chi connectivity index (χ1) is 8.57. The van der Waals surface area contributed by atoms with Crippen molar-refractivity contribution < 1.29 is 19.4 Å². The minimum absolute atomic E-state index is 0.342. The Bertz CT molecular complexity index is 483. The summed E-state index contributed by atoms with van der Waals surface area (Å²) in [7, 11) is 1.29. The van der Waals surface area contributed by atoms with Gasteiger partial charge in [-0.15, -0.1) is 0 Å². The number of nitrogens with zero attached hydrogens (tertiary/aromatic N) is 1. The quantitative estimate of drug-likeness (QED) is 0.783. The van der Waals surface area contributed by atoms with Crippen LogP contribution in [-0.4, -0.2) is 34.7 Å². The number of aromatic nitrogens is 1. The van der Waals surface area contributed by atoms with Crippen molar-refractivity contribution in [2.24, 2.45) is 0 Å². The number of pyridine rings is 1. The molecule has 0 aliphatic heterocycles. The van der Waals surface area contributed by atoms with Crippen molar-refractivity contribution >= 4 is 17.8 Å². The molecule has 0 spiro atoms. The summed E-state index contributed by atoms with van der Waals surface area (Å²) in [5.74, 6) is -0.988. The van der Waals surface area contributed by atoms with Crippen LogP contribution >= 0.6 is 0 Å². The maximum Gasteiger partial charge on any atom is 0.338 e. The van der Waals surface area contributed by atoms with Crippen molar-refractivity contribution in [1.82, 2.24) is 4.98 Å². The fourth-order valence-corrected chi connectivity index (χ4v) is 1.91. The van der Waals surface area contributed by atoms with E-state index in [0.717, 1.165) is 6.42 Å². The van der Waals surface area contributed by atoms with E-state index in [-0.39, 0.29) is 0 Å². The number of aliphatic carboxylic acids is 1. The normalized spacial score (nSPS) is 16.5. The molecule has 6 heteroatoms. The van der Waals surface area contributed by atoms with Gasteiger partial charge >= 0.3 is 11.9 Å². The van der Waals surface area contributed by atoms with Crippen LogP contribution in [0.1, 0.15) is 29.6 Å². The second-order valence-corrected chi connectivity index (χ2v) is 4.29. The molecule has 1 aromatic rings. The Balaban J connectivity index is 2.19. The molecule has 0 atom stereocenters. The minimum Gasteiger partial charge on any atom is -0.480 e. The summed E-state index contributed by atoms with van der Waals surface area (Å²) in [5, 5.41) is 12.1. The maximum atomic E-state index is 11.4. The Labute approximate surface area is 104 Å². The van der Waals surface area contributed by atoms with Gasteiger partial charge in [0.1, 0.15) is 11.4 Å². The van der Waals surface area contributed by atoms with Crippen LogP contribution in [0.15, 0.2) is 18.3 Å². The average molecular weight is 250 g/mol. The van der Waals surface area contributed by atoms with Crippen molar-refractivity contribution in [2.75, 3.05) is 12.4 Å². The third kappa shape index (κ3) is 2.13. The molecule has 1 aliphatic rings. The number of carbonyl (C=O) groups is 2. The summed E-state index contributed by atoms with van der Waals surface area (Å²) in [5.41, 5.74) is -0.600. The highest BCUT2D eigenvalue weighted by atomic mass is 16.5. The molecule has 0 amide bonds. The van der Waals surface area contributed by atoms with Crippen molar-refractivity contribution in [3.8, 4) is 0 Å². The van der Waals surface area contributed by atoms with Crippen LogP contribution < -0.4 is 5.32 Å². The van der Waals surface area contributed by atoms with E-state index in [1.165, 1.54) is 25.4 Å². The number of nitrogens with one attached hydrogen (secondary N) is 1. The number of carboxylic acids is 1. The molecule has 0 radical (unpaired) electrons. The first-order valence-corrected chi connectivity index (χ1v) is 5.63. The maximum absolute atomic E-state index is 11.4. The van der Waals surface area contributed by atoms with E-state index >= 15 is 0 Å². The summed E-state index contributed by atoms with van der Waals surface area (Å²) in [6.07, 6.45) is 3.44. The molecule has 1 aliphatic carbocycles. The Morgan fingerprint density at radius 2 is 2.22 bits per heavy atom. The molecule has 1 saturated carbocycles. The van der Waals surface area contributed by atoms with Crippen LogP contribution in [0.2, 0.25) is 0 Å². The standard InChI is InChI=1S/C12H14N2O4/c1-18-10(15)8-3-6-13-9(7-8)14-12(11(16)17)4-2-5-12/h3,6-7H,2,4-5H2,1H3,(H,13,14)(H,16,17). The van der Waals surface area contributed by atoms with E-state index < -0.39 is 17.5 Å². The minimum atomic E-state index is -0.943. The Hall–Kier alpha value is -2.11. The predicted molar refractivity (Wildman–Crippen MR) is 63.4 cm³/mol. The van der Waals surface area contributed by atoms with Crippen molar-refractivity contribution in [2.45, 2.75) is 24.8 Å². The summed E-state index contributed by atoms with van der Waals surface area (Å²) < 4.78 is 4.60. The average Bonchev–Trinajstić information content (AvgIpc) is 2.32. The number of carboxylic acid groups (broad SMARTS) is 1. The molecule has 0 unspecified atom stereocenters. The summed E-state index contributed by atoms with van der Waals surface area (Å²) in [4.78, 5) is 26.6. The van der Waals surface area contributed by atoms with E-state index in [4.69, 9.17) is 0 Å². The number of hydrogen-bond acceptors (Lipinski definition) is 5. The number of carbonyl (C=O) groups excluding carboxylic acids is 1. The topological polar surface area (TPSA) is 88.5 Å². The first-order valence-electron chi connectivity index (χ1n) is 5.63. The summed E-state index contributed by atoms with van der Waals surface area (Å²) >= 11 is 0. The van der Waals surface area contributed by atoms with Crippen LogP contribution in [-0.2, 0) is 9.53 Å². The lowest BCUT2D eigenvalue weighted by molar-refractivity contribution is -0.145. The molecular weight excluding hydrogens is 236 g/mol. The molecular formula is C12H14N2O4. The van der Waals surface area contributed by atoms with E-state index in [1.807, 2.05) is 0 Å². The second kappa shape index (κ2) is 4.64. The van der Waals surface area contributed by atoms with Crippen LogP contribution in [0, 0.1) is 0 Å². The molecule has 1 heterocycles. The van der Waals surface area contributed by atoms with Crippen molar-refractivity contribution in [1.29, 1.82) is 0 Å². The SMILES string of the molecule is COC(=O)c1ccnc(NC2(C(=O)O)CCC2)c1. The summed E-state index contributed by atoms with van der Waals surface area (Å²) in [6, 6.07) is 3.01.